The van der Waals surface area contributed by atoms with Gasteiger partial charge in [-0.2, -0.15) is 4.98 Å². The molecule has 1 aromatic carbocycles. The van der Waals surface area contributed by atoms with E-state index in [1.165, 1.54) is 5.56 Å². The van der Waals surface area contributed by atoms with E-state index in [1.54, 1.807) is 0 Å². The van der Waals surface area contributed by atoms with Gasteiger partial charge in [-0.3, -0.25) is 0 Å². The van der Waals surface area contributed by atoms with Gasteiger partial charge in [-0.1, -0.05) is 43.3 Å². The van der Waals surface area contributed by atoms with Crippen molar-refractivity contribution in [3.05, 3.63) is 35.7 Å². The average Bonchev–Trinajstić information content (AvgIpc) is 2.87. The highest BCUT2D eigenvalue weighted by molar-refractivity contribution is 5.54. The first kappa shape index (κ1) is 12.8. The predicted molar refractivity (Wildman–Crippen MR) is 71.2 cm³/mol. The maximum Gasteiger partial charge on any atom is 0.228 e. The van der Waals surface area contributed by atoms with Crippen LogP contribution in [0, 0.1) is 0 Å². The summed E-state index contributed by atoms with van der Waals surface area (Å²) in [5, 5.41) is 3.96. The van der Waals surface area contributed by atoms with E-state index < -0.39 is 0 Å². The largest absolute Gasteiger partial charge is 0.339 e. The Bertz CT molecular complexity index is 490. The second kappa shape index (κ2) is 5.78. The lowest BCUT2D eigenvalue weighted by Crippen LogP contribution is -2.02. The first-order chi connectivity index (χ1) is 8.74. The third-order valence-corrected chi connectivity index (χ3v) is 3.18. The SMILES string of the molecule is CCC(C)c1ccc(-c2noc(CCN)n2)cc1. The molecule has 4 heteroatoms. The Morgan fingerprint density at radius 2 is 2.00 bits per heavy atom. The molecule has 4 nitrogen and oxygen atoms in total. The number of hydrogen-bond acceptors (Lipinski definition) is 4. The second-order valence-corrected chi connectivity index (χ2v) is 4.48. The monoisotopic (exact) mass is 245 g/mol. The molecule has 0 fully saturated rings. The van der Waals surface area contributed by atoms with Crippen molar-refractivity contribution in [1.82, 2.24) is 10.1 Å². The first-order valence-electron chi connectivity index (χ1n) is 6.37. The third kappa shape index (κ3) is 2.76. The van der Waals surface area contributed by atoms with Crippen molar-refractivity contribution in [1.29, 1.82) is 0 Å². The number of nitrogens with two attached hydrogens (primary N) is 1. The maximum absolute atomic E-state index is 5.45. The Hall–Kier alpha value is -1.68. The quantitative estimate of drug-likeness (QED) is 0.879. The molecule has 0 radical (unpaired) electrons. The molecule has 18 heavy (non-hydrogen) atoms. The Morgan fingerprint density at radius 3 is 2.61 bits per heavy atom. The summed E-state index contributed by atoms with van der Waals surface area (Å²) in [6, 6.07) is 8.34. The highest BCUT2D eigenvalue weighted by Crippen LogP contribution is 2.22. The predicted octanol–water partition coefficient (Wildman–Crippen LogP) is 2.75. The van der Waals surface area contributed by atoms with Gasteiger partial charge in [-0.15, -0.1) is 0 Å². The smallest absolute Gasteiger partial charge is 0.228 e. The van der Waals surface area contributed by atoms with Crippen LogP contribution in [0.5, 0.6) is 0 Å². The molecule has 1 heterocycles. The second-order valence-electron chi connectivity index (χ2n) is 4.48. The van der Waals surface area contributed by atoms with Crippen molar-refractivity contribution in [3.8, 4) is 11.4 Å². The molecular formula is C14H19N3O. The van der Waals surface area contributed by atoms with Crippen LogP contribution in [-0.4, -0.2) is 16.7 Å². The van der Waals surface area contributed by atoms with Crippen LogP contribution in [-0.2, 0) is 6.42 Å². The molecule has 0 bridgehead atoms. The van der Waals surface area contributed by atoms with Crippen LogP contribution in [0.25, 0.3) is 11.4 Å². The molecule has 0 aliphatic carbocycles. The van der Waals surface area contributed by atoms with Crippen LogP contribution in [0.2, 0.25) is 0 Å². The minimum Gasteiger partial charge on any atom is -0.339 e. The lowest BCUT2D eigenvalue weighted by molar-refractivity contribution is 0.380. The molecule has 2 aromatic rings. The summed E-state index contributed by atoms with van der Waals surface area (Å²) < 4.78 is 5.12. The molecule has 96 valence electrons. The molecule has 0 saturated carbocycles. The molecule has 0 saturated heterocycles. The summed E-state index contributed by atoms with van der Waals surface area (Å²) in [6.45, 7) is 4.94. The fourth-order valence-corrected chi connectivity index (χ4v) is 1.79. The molecule has 0 aliphatic rings. The molecule has 1 atom stereocenters. The van der Waals surface area contributed by atoms with E-state index in [9.17, 15) is 0 Å². The molecule has 0 spiro atoms. The van der Waals surface area contributed by atoms with Crippen molar-refractivity contribution >= 4 is 0 Å². The first-order valence-corrected chi connectivity index (χ1v) is 6.37. The molecule has 0 amide bonds. The van der Waals surface area contributed by atoms with Gasteiger partial charge < -0.3 is 10.3 Å². The Labute approximate surface area is 107 Å². The van der Waals surface area contributed by atoms with E-state index in [0.717, 1.165) is 12.0 Å². The standard InChI is InChI=1S/C14H19N3O/c1-3-10(2)11-4-6-12(7-5-11)14-16-13(8-9-15)18-17-14/h4-7,10H,3,8-9,15H2,1-2H3. The minimum atomic E-state index is 0.522. The number of hydrogen-bond donors (Lipinski definition) is 1. The van der Waals surface area contributed by atoms with Gasteiger partial charge in [0, 0.05) is 18.5 Å². The molecule has 1 unspecified atom stereocenters. The molecule has 2 N–H and O–H groups in total. The molecule has 0 aliphatic heterocycles. The van der Waals surface area contributed by atoms with Gasteiger partial charge in [0.2, 0.25) is 11.7 Å². The van der Waals surface area contributed by atoms with Gasteiger partial charge in [0.15, 0.2) is 0 Å². The Balaban J connectivity index is 2.17. The van der Waals surface area contributed by atoms with Crippen LogP contribution in [0.3, 0.4) is 0 Å². The van der Waals surface area contributed by atoms with Crippen LogP contribution in [0.4, 0.5) is 0 Å². The Kier molecular flexibility index (Phi) is 4.10. The summed E-state index contributed by atoms with van der Waals surface area (Å²) in [6.07, 6.45) is 1.76. The summed E-state index contributed by atoms with van der Waals surface area (Å²) in [5.74, 6) is 1.81. The van der Waals surface area contributed by atoms with Crippen molar-refractivity contribution in [2.45, 2.75) is 32.6 Å². The van der Waals surface area contributed by atoms with Crippen LogP contribution in [0.15, 0.2) is 28.8 Å². The number of rotatable bonds is 5. The van der Waals surface area contributed by atoms with Gasteiger partial charge in [0.1, 0.15) is 0 Å². The molecular weight excluding hydrogens is 226 g/mol. The van der Waals surface area contributed by atoms with E-state index in [4.69, 9.17) is 10.3 Å². The fourth-order valence-electron chi connectivity index (χ4n) is 1.79. The van der Waals surface area contributed by atoms with Crippen molar-refractivity contribution in [3.63, 3.8) is 0 Å². The summed E-state index contributed by atoms with van der Waals surface area (Å²) >= 11 is 0. The minimum absolute atomic E-state index is 0.522. The lowest BCUT2D eigenvalue weighted by atomic mass is 9.97. The maximum atomic E-state index is 5.45. The van der Waals surface area contributed by atoms with Crippen molar-refractivity contribution < 1.29 is 4.52 Å². The van der Waals surface area contributed by atoms with Crippen LogP contribution < -0.4 is 5.73 Å². The zero-order valence-corrected chi connectivity index (χ0v) is 10.9. The Morgan fingerprint density at radius 1 is 1.28 bits per heavy atom. The van der Waals surface area contributed by atoms with E-state index in [1.807, 2.05) is 12.1 Å². The molecule has 2 rings (SSSR count). The third-order valence-electron chi connectivity index (χ3n) is 3.18. The number of benzene rings is 1. The number of nitrogens with zero attached hydrogens (tertiary/aromatic N) is 2. The van der Waals surface area contributed by atoms with E-state index in [-0.39, 0.29) is 0 Å². The lowest BCUT2D eigenvalue weighted by Gasteiger charge is -2.08. The zero-order valence-electron chi connectivity index (χ0n) is 10.9. The van der Waals surface area contributed by atoms with Gasteiger partial charge >= 0.3 is 0 Å². The molecule has 1 aromatic heterocycles. The van der Waals surface area contributed by atoms with Gasteiger partial charge in [0.25, 0.3) is 0 Å². The van der Waals surface area contributed by atoms with E-state index in [2.05, 4.69) is 36.1 Å². The topological polar surface area (TPSA) is 64.9 Å². The van der Waals surface area contributed by atoms with Crippen LogP contribution >= 0.6 is 0 Å². The zero-order chi connectivity index (χ0) is 13.0. The fraction of sp³-hybridized carbons (Fsp3) is 0.429. The summed E-state index contributed by atoms with van der Waals surface area (Å²) in [7, 11) is 0. The van der Waals surface area contributed by atoms with Gasteiger partial charge in [-0.05, 0) is 17.9 Å². The summed E-state index contributed by atoms with van der Waals surface area (Å²) in [5.41, 5.74) is 7.77. The van der Waals surface area contributed by atoms with E-state index >= 15 is 0 Å². The average molecular weight is 245 g/mol. The highest BCUT2D eigenvalue weighted by Gasteiger charge is 2.09. The highest BCUT2D eigenvalue weighted by atomic mass is 16.5. The van der Waals surface area contributed by atoms with Crippen molar-refractivity contribution in [2.24, 2.45) is 5.73 Å². The van der Waals surface area contributed by atoms with Gasteiger partial charge in [-0.25, -0.2) is 0 Å². The van der Waals surface area contributed by atoms with Gasteiger partial charge in [0.05, 0.1) is 0 Å². The summed E-state index contributed by atoms with van der Waals surface area (Å²) in [4.78, 5) is 4.31. The van der Waals surface area contributed by atoms with Crippen molar-refractivity contribution in [2.75, 3.05) is 6.54 Å². The normalized spacial score (nSPS) is 12.6. The number of aromatic nitrogens is 2. The van der Waals surface area contributed by atoms with Crippen LogP contribution in [0.1, 0.15) is 37.6 Å². The van der Waals surface area contributed by atoms with E-state index in [0.29, 0.717) is 30.6 Å².